The number of phenols is 1. The number of ketones is 1. The molecule has 86 valence electrons. The molecule has 2 aromatic rings. The maximum absolute atomic E-state index is 12.1. The molecule has 0 radical (unpaired) electrons. The molecule has 0 atom stereocenters. The van der Waals surface area contributed by atoms with Gasteiger partial charge in [-0.05, 0) is 24.3 Å². The lowest BCUT2D eigenvalue weighted by atomic mass is 10.0. The van der Waals surface area contributed by atoms with Crippen molar-refractivity contribution in [3.63, 3.8) is 0 Å². The van der Waals surface area contributed by atoms with Crippen LogP contribution in [0.25, 0.3) is 0 Å². The van der Waals surface area contributed by atoms with Gasteiger partial charge >= 0.3 is 0 Å². The minimum Gasteiger partial charge on any atom is -0.508 e. The summed E-state index contributed by atoms with van der Waals surface area (Å²) in [7, 11) is 0. The van der Waals surface area contributed by atoms with Crippen LogP contribution in [0.2, 0.25) is 5.02 Å². The fraction of sp³-hybridized carbons (Fsp3) is 0. The zero-order valence-electron chi connectivity index (χ0n) is 8.85. The summed E-state index contributed by atoms with van der Waals surface area (Å²) in [6.45, 7) is 0. The summed E-state index contributed by atoms with van der Waals surface area (Å²) in [4.78, 5) is 12.1. The third-order valence-corrected chi connectivity index (χ3v) is 2.74. The molecule has 0 unspecified atom stereocenters. The van der Waals surface area contributed by atoms with Crippen molar-refractivity contribution in [1.82, 2.24) is 0 Å². The predicted molar refractivity (Wildman–Crippen MR) is 67.4 cm³/mol. The number of halogens is 1. The van der Waals surface area contributed by atoms with Crippen LogP contribution in [0.1, 0.15) is 15.9 Å². The molecule has 3 nitrogen and oxygen atoms in total. The van der Waals surface area contributed by atoms with E-state index in [-0.39, 0.29) is 17.2 Å². The Morgan fingerprint density at radius 1 is 1.18 bits per heavy atom. The van der Waals surface area contributed by atoms with Crippen LogP contribution in [0, 0.1) is 0 Å². The van der Waals surface area contributed by atoms with Crippen molar-refractivity contribution in [3.8, 4) is 5.75 Å². The van der Waals surface area contributed by atoms with Gasteiger partial charge in [-0.25, -0.2) is 0 Å². The van der Waals surface area contributed by atoms with E-state index in [0.29, 0.717) is 16.1 Å². The number of nitrogen functional groups attached to an aromatic ring is 1. The lowest BCUT2D eigenvalue weighted by Crippen LogP contribution is -2.05. The third-order valence-electron chi connectivity index (χ3n) is 2.41. The fourth-order valence-electron chi connectivity index (χ4n) is 1.54. The molecule has 17 heavy (non-hydrogen) atoms. The highest BCUT2D eigenvalue weighted by atomic mass is 35.5. The molecule has 2 aromatic carbocycles. The van der Waals surface area contributed by atoms with E-state index in [0.717, 1.165) is 0 Å². The smallest absolute Gasteiger partial charge is 0.195 e. The molecule has 4 heteroatoms. The van der Waals surface area contributed by atoms with E-state index in [2.05, 4.69) is 0 Å². The zero-order valence-corrected chi connectivity index (χ0v) is 9.61. The molecule has 0 aliphatic carbocycles. The van der Waals surface area contributed by atoms with Gasteiger partial charge in [0, 0.05) is 11.1 Å². The van der Waals surface area contributed by atoms with Gasteiger partial charge in [0.25, 0.3) is 0 Å². The van der Waals surface area contributed by atoms with Crippen LogP contribution in [0.3, 0.4) is 0 Å². The highest BCUT2D eigenvalue weighted by Gasteiger charge is 2.14. The molecule has 0 heterocycles. The molecular formula is C13H10ClNO2. The topological polar surface area (TPSA) is 63.3 Å². The summed E-state index contributed by atoms with van der Waals surface area (Å²) in [6.07, 6.45) is 0. The monoisotopic (exact) mass is 247 g/mol. The van der Waals surface area contributed by atoms with Crippen LogP contribution in [0.4, 0.5) is 5.69 Å². The first-order chi connectivity index (χ1) is 8.09. The normalized spacial score (nSPS) is 10.2. The highest BCUT2D eigenvalue weighted by Crippen LogP contribution is 2.25. The van der Waals surface area contributed by atoms with Crippen LogP contribution in [-0.4, -0.2) is 10.9 Å². The number of carbonyl (C=O) groups excluding carboxylic acids is 1. The lowest BCUT2D eigenvalue weighted by Gasteiger charge is -2.06. The fourth-order valence-corrected chi connectivity index (χ4v) is 1.71. The van der Waals surface area contributed by atoms with Gasteiger partial charge in [0.05, 0.1) is 10.7 Å². The van der Waals surface area contributed by atoms with E-state index < -0.39 is 0 Å². The van der Waals surface area contributed by atoms with Crippen LogP contribution in [-0.2, 0) is 0 Å². The van der Waals surface area contributed by atoms with Gasteiger partial charge in [0.15, 0.2) is 5.78 Å². The van der Waals surface area contributed by atoms with Crippen molar-refractivity contribution < 1.29 is 9.90 Å². The van der Waals surface area contributed by atoms with Gasteiger partial charge in [-0.3, -0.25) is 4.79 Å². The number of para-hydroxylation sites is 1. The lowest BCUT2D eigenvalue weighted by molar-refractivity contribution is 0.103. The van der Waals surface area contributed by atoms with E-state index in [1.165, 1.54) is 12.1 Å². The van der Waals surface area contributed by atoms with Crippen molar-refractivity contribution in [2.24, 2.45) is 0 Å². The van der Waals surface area contributed by atoms with Crippen LogP contribution >= 0.6 is 11.6 Å². The SMILES string of the molecule is Nc1c(Cl)cccc1C(=O)c1cccc(O)c1. The Hall–Kier alpha value is -2.00. The highest BCUT2D eigenvalue weighted by molar-refractivity contribution is 6.34. The second-order valence-electron chi connectivity index (χ2n) is 3.58. The summed E-state index contributed by atoms with van der Waals surface area (Å²) in [6, 6.07) is 11.0. The number of hydrogen-bond acceptors (Lipinski definition) is 3. The molecule has 0 aliphatic rings. The second kappa shape index (κ2) is 4.47. The molecule has 0 spiro atoms. The molecule has 0 saturated carbocycles. The first kappa shape index (κ1) is 11.5. The molecule has 3 N–H and O–H groups in total. The quantitative estimate of drug-likeness (QED) is 0.634. The van der Waals surface area contributed by atoms with Crippen molar-refractivity contribution in [1.29, 1.82) is 0 Å². The number of carbonyl (C=O) groups is 1. The number of benzene rings is 2. The van der Waals surface area contributed by atoms with Gasteiger partial charge in [-0.15, -0.1) is 0 Å². The Balaban J connectivity index is 2.48. The van der Waals surface area contributed by atoms with Crippen molar-refractivity contribution in [2.45, 2.75) is 0 Å². The molecule has 0 amide bonds. The number of phenolic OH excluding ortho intramolecular Hbond substituents is 1. The molecule has 0 aliphatic heterocycles. The maximum atomic E-state index is 12.1. The maximum Gasteiger partial charge on any atom is 0.195 e. The van der Waals surface area contributed by atoms with Crippen molar-refractivity contribution >= 4 is 23.1 Å². The zero-order chi connectivity index (χ0) is 12.4. The van der Waals surface area contributed by atoms with E-state index in [1.807, 2.05) is 0 Å². The van der Waals surface area contributed by atoms with E-state index in [9.17, 15) is 9.90 Å². The first-order valence-electron chi connectivity index (χ1n) is 4.97. The van der Waals surface area contributed by atoms with Gasteiger partial charge in [-0.2, -0.15) is 0 Å². The summed E-state index contributed by atoms with van der Waals surface area (Å²) < 4.78 is 0. The summed E-state index contributed by atoms with van der Waals surface area (Å²) in [5, 5.41) is 9.67. The summed E-state index contributed by atoms with van der Waals surface area (Å²) in [5.74, 6) is -0.225. The van der Waals surface area contributed by atoms with Gasteiger partial charge < -0.3 is 10.8 Å². The number of rotatable bonds is 2. The Morgan fingerprint density at radius 3 is 2.59 bits per heavy atom. The largest absolute Gasteiger partial charge is 0.508 e. The van der Waals surface area contributed by atoms with E-state index >= 15 is 0 Å². The number of anilines is 1. The number of nitrogens with two attached hydrogens (primary N) is 1. The van der Waals surface area contributed by atoms with Crippen LogP contribution in [0.5, 0.6) is 5.75 Å². The van der Waals surface area contributed by atoms with Gasteiger partial charge in [-0.1, -0.05) is 29.8 Å². The molecule has 0 saturated heterocycles. The molecular weight excluding hydrogens is 238 g/mol. The third kappa shape index (κ3) is 2.24. The molecule has 0 fully saturated rings. The number of hydrogen-bond donors (Lipinski definition) is 2. The van der Waals surface area contributed by atoms with Gasteiger partial charge in [0.1, 0.15) is 5.75 Å². The average Bonchev–Trinajstić information content (AvgIpc) is 2.32. The molecule has 0 bridgehead atoms. The van der Waals surface area contributed by atoms with Gasteiger partial charge in [0.2, 0.25) is 0 Å². The molecule has 2 rings (SSSR count). The first-order valence-corrected chi connectivity index (χ1v) is 5.35. The Labute approximate surface area is 103 Å². The van der Waals surface area contributed by atoms with E-state index in [1.54, 1.807) is 30.3 Å². The minimum atomic E-state index is -0.263. The second-order valence-corrected chi connectivity index (χ2v) is 3.99. The Morgan fingerprint density at radius 2 is 1.88 bits per heavy atom. The molecule has 0 aromatic heterocycles. The van der Waals surface area contributed by atoms with Crippen molar-refractivity contribution in [2.75, 3.05) is 5.73 Å². The van der Waals surface area contributed by atoms with Crippen LogP contribution < -0.4 is 5.73 Å². The standard InChI is InChI=1S/C13H10ClNO2/c14-11-6-2-5-10(12(11)15)13(17)8-3-1-4-9(16)7-8/h1-7,16H,15H2. The predicted octanol–water partition coefficient (Wildman–Crippen LogP) is 2.86. The average molecular weight is 248 g/mol. The number of aromatic hydroxyl groups is 1. The Bertz CT molecular complexity index is 581. The van der Waals surface area contributed by atoms with Crippen LogP contribution in [0.15, 0.2) is 42.5 Å². The van der Waals surface area contributed by atoms with E-state index in [4.69, 9.17) is 17.3 Å². The minimum absolute atomic E-state index is 0.0384. The summed E-state index contributed by atoms with van der Waals surface area (Å²) in [5.41, 5.74) is 6.71. The van der Waals surface area contributed by atoms with Crippen molar-refractivity contribution in [3.05, 3.63) is 58.6 Å². The summed E-state index contributed by atoms with van der Waals surface area (Å²) >= 11 is 5.85. The Kier molecular flexibility index (Phi) is 3.02.